The van der Waals surface area contributed by atoms with Gasteiger partial charge in [0.15, 0.2) is 0 Å². The molecule has 1 aliphatic rings. The summed E-state index contributed by atoms with van der Waals surface area (Å²) in [5, 5.41) is 14.1. The molecule has 1 N–H and O–H groups in total. The number of nitrogens with one attached hydrogen (secondary N) is 1. The summed E-state index contributed by atoms with van der Waals surface area (Å²) >= 11 is 0. The molecule has 4 amide bonds. The van der Waals surface area contributed by atoms with Crippen LogP contribution >= 0.6 is 0 Å². The van der Waals surface area contributed by atoms with Crippen LogP contribution in [0, 0.1) is 24.0 Å². The van der Waals surface area contributed by atoms with E-state index in [0.29, 0.717) is 17.8 Å². The van der Waals surface area contributed by atoms with Gasteiger partial charge in [-0.1, -0.05) is 48.0 Å². The molecule has 1 saturated heterocycles. The fourth-order valence-corrected chi connectivity index (χ4v) is 4.48. The maximum absolute atomic E-state index is 13.4. The van der Waals surface area contributed by atoms with Crippen LogP contribution in [0.15, 0.2) is 78.4 Å². The van der Waals surface area contributed by atoms with E-state index in [4.69, 9.17) is 0 Å². The summed E-state index contributed by atoms with van der Waals surface area (Å²) in [5.74, 6) is -1.46. The summed E-state index contributed by atoms with van der Waals surface area (Å²) < 4.78 is 2.02. The third-order valence-corrected chi connectivity index (χ3v) is 6.45. The van der Waals surface area contributed by atoms with Crippen molar-refractivity contribution in [2.75, 3.05) is 4.90 Å². The normalized spacial score (nSPS) is 14.9. The number of amides is 4. The van der Waals surface area contributed by atoms with Crippen LogP contribution in [0.3, 0.4) is 0 Å². The molecular weight excluding hydrogens is 472 g/mol. The van der Waals surface area contributed by atoms with E-state index in [1.54, 1.807) is 36.4 Å². The highest BCUT2D eigenvalue weighted by Crippen LogP contribution is 2.30. The Hall–Kier alpha value is -5.05. The summed E-state index contributed by atoms with van der Waals surface area (Å²) in [7, 11) is 0. The molecule has 0 atom stereocenters. The molecule has 1 aromatic heterocycles. The minimum Gasteiger partial charge on any atom is -0.340 e. The minimum atomic E-state index is -0.798. The van der Waals surface area contributed by atoms with Crippen molar-refractivity contribution >= 4 is 46.2 Å². The zero-order chi connectivity index (χ0) is 26.3. The number of barbiturate groups is 1. The molecule has 9 heteroatoms. The zero-order valence-electron chi connectivity index (χ0n) is 20.1. The van der Waals surface area contributed by atoms with Crippen molar-refractivity contribution < 1.29 is 19.3 Å². The lowest BCUT2D eigenvalue weighted by Crippen LogP contribution is -2.54. The van der Waals surface area contributed by atoms with Crippen molar-refractivity contribution in [3.8, 4) is 0 Å². The summed E-state index contributed by atoms with van der Waals surface area (Å²) in [6.07, 6.45) is 1.52. The Bertz CT molecular complexity index is 1620. The third-order valence-electron chi connectivity index (χ3n) is 6.45. The van der Waals surface area contributed by atoms with Gasteiger partial charge < -0.3 is 4.57 Å². The number of nitro groups is 1. The topological polar surface area (TPSA) is 115 Å². The molecule has 1 aliphatic heterocycles. The summed E-state index contributed by atoms with van der Waals surface area (Å²) in [6, 6.07) is 20.0. The average Bonchev–Trinajstić information content (AvgIpc) is 3.13. The number of fused-ring (bicyclic) bond motifs is 1. The largest absolute Gasteiger partial charge is 0.340 e. The minimum absolute atomic E-state index is 0.0118. The Morgan fingerprint density at radius 1 is 0.919 bits per heavy atom. The Balaban J connectivity index is 1.58. The Morgan fingerprint density at radius 3 is 2.27 bits per heavy atom. The van der Waals surface area contributed by atoms with E-state index in [1.807, 2.05) is 42.7 Å². The van der Waals surface area contributed by atoms with Crippen molar-refractivity contribution in [3.05, 3.63) is 111 Å². The first-order valence-corrected chi connectivity index (χ1v) is 11.5. The number of anilines is 1. The number of hydrogen-bond donors (Lipinski definition) is 1. The van der Waals surface area contributed by atoms with Crippen LogP contribution in [-0.4, -0.2) is 27.3 Å². The lowest BCUT2D eigenvalue weighted by molar-refractivity contribution is -0.384. The zero-order valence-corrected chi connectivity index (χ0v) is 20.1. The number of rotatable bonds is 5. The number of carbonyl (C=O) groups is 3. The van der Waals surface area contributed by atoms with E-state index >= 15 is 0 Å². The smallest absolute Gasteiger partial charge is 0.335 e. The van der Waals surface area contributed by atoms with E-state index in [9.17, 15) is 24.5 Å². The van der Waals surface area contributed by atoms with Crippen molar-refractivity contribution in [2.24, 2.45) is 0 Å². The van der Waals surface area contributed by atoms with Gasteiger partial charge >= 0.3 is 6.03 Å². The third kappa shape index (κ3) is 4.27. The molecule has 2 heterocycles. The summed E-state index contributed by atoms with van der Waals surface area (Å²) in [4.78, 5) is 50.2. The van der Waals surface area contributed by atoms with E-state index in [2.05, 4.69) is 5.32 Å². The SMILES string of the molecule is Cc1ccc(N2C(=O)NC(=O)/C(=C\c3c(C)n(Cc4ccc([N+](=O)[O-])cc4)c4ccccc34)C2=O)cc1. The highest BCUT2D eigenvalue weighted by atomic mass is 16.6. The number of aromatic nitrogens is 1. The first kappa shape index (κ1) is 23.7. The molecule has 1 fully saturated rings. The van der Waals surface area contributed by atoms with Gasteiger partial charge in [-0.3, -0.25) is 25.0 Å². The molecule has 0 unspecified atom stereocenters. The quantitative estimate of drug-likeness (QED) is 0.184. The van der Waals surface area contributed by atoms with Crippen molar-refractivity contribution in [3.63, 3.8) is 0 Å². The Morgan fingerprint density at radius 2 is 1.59 bits per heavy atom. The maximum Gasteiger partial charge on any atom is 0.335 e. The van der Waals surface area contributed by atoms with Crippen molar-refractivity contribution in [1.29, 1.82) is 0 Å². The second-order valence-electron chi connectivity index (χ2n) is 8.82. The number of urea groups is 1. The van der Waals surface area contributed by atoms with Crippen molar-refractivity contribution in [2.45, 2.75) is 20.4 Å². The van der Waals surface area contributed by atoms with Crippen LogP contribution in [0.4, 0.5) is 16.2 Å². The second-order valence-corrected chi connectivity index (χ2v) is 8.82. The first-order chi connectivity index (χ1) is 17.7. The molecule has 0 aliphatic carbocycles. The number of carbonyl (C=O) groups excluding carboxylic acids is 3. The monoisotopic (exact) mass is 494 g/mol. The van der Waals surface area contributed by atoms with Gasteiger partial charge in [-0.2, -0.15) is 0 Å². The van der Waals surface area contributed by atoms with E-state index < -0.39 is 22.8 Å². The van der Waals surface area contributed by atoms with E-state index in [1.165, 1.54) is 18.2 Å². The molecule has 9 nitrogen and oxygen atoms in total. The summed E-state index contributed by atoms with van der Waals surface area (Å²) in [5.41, 5.74) is 4.40. The van der Waals surface area contributed by atoms with Gasteiger partial charge in [0.25, 0.3) is 17.5 Å². The maximum atomic E-state index is 13.4. The lowest BCUT2D eigenvalue weighted by atomic mass is 10.0. The molecule has 0 bridgehead atoms. The number of benzene rings is 3. The van der Waals surface area contributed by atoms with Gasteiger partial charge in [0.2, 0.25) is 0 Å². The van der Waals surface area contributed by atoms with Gasteiger partial charge in [-0.05, 0) is 43.7 Å². The molecule has 5 rings (SSSR count). The van der Waals surface area contributed by atoms with Crippen LogP contribution in [0.5, 0.6) is 0 Å². The molecule has 0 spiro atoms. The number of aryl methyl sites for hydroxylation is 1. The molecule has 184 valence electrons. The van der Waals surface area contributed by atoms with Crippen LogP contribution in [0.2, 0.25) is 0 Å². The van der Waals surface area contributed by atoms with Crippen LogP contribution in [0.25, 0.3) is 17.0 Å². The van der Waals surface area contributed by atoms with Gasteiger partial charge in [0.1, 0.15) is 5.57 Å². The van der Waals surface area contributed by atoms with Crippen LogP contribution in [0.1, 0.15) is 22.4 Å². The predicted octanol–water partition coefficient (Wildman–Crippen LogP) is 4.88. The molecule has 0 saturated carbocycles. The number of non-ortho nitro benzene ring substituents is 1. The first-order valence-electron chi connectivity index (χ1n) is 11.5. The number of para-hydroxylation sites is 1. The Kier molecular flexibility index (Phi) is 5.88. The number of hydrogen-bond acceptors (Lipinski definition) is 5. The second kappa shape index (κ2) is 9.19. The molecular formula is C28H22N4O5. The van der Waals surface area contributed by atoms with Gasteiger partial charge in [-0.25, -0.2) is 9.69 Å². The molecule has 37 heavy (non-hydrogen) atoms. The molecule has 3 aromatic carbocycles. The van der Waals surface area contributed by atoms with Crippen LogP contribution < -0.4 is 10.2 Å². The van der Waals surface area contributed by atoms with E-state index in [-0.39, 0.29) is 11.3 Å². The number of nitrogens with zero attached hydrogens (tertiary/aromatic N) is 3. The molecule has 0 radical (unpaired) electrons. The molecule has 4 aromatic rings. The highest BCUT2D eigenvalue weighted by molar-refractivity contribution is 6.39. The Labute approximate surface area is 211 Å². The summed E-state index contributed by atoms with van der Waals surface area (Å²) in [6.45, 7) is 4.21. The number of imide groups is 2. The van der Waals surface area contributed by atoms with Gasteiger partial charge in [-0.15, -0.1) is 0 Å². The van der Waals surface area contributed by atoms with Gasteiger partial charge in [0.05, 0.1) is 10.6 Å². The predicted molar refractivity (Wildman–Crippen MR) is 139 cm³/mol. The van der Waals surface area contributed by atoms with Crippen molar-refractivity contribution in [1.82, 2.24) is 9.88 Å². The fraction of sp³-hybridized carbons (Fsp3) is 0.107. The van der Waals surface area contributed by atoms with Crippen LogP contribution in [-0.2, 0) is 16.1 Å². The highest BCUT2D eigenvalue weighted by Gasteiger charge is 2.37. The average molecular weight is 495 g/mol. The lowest BCUT2D eigenvalue weighted by Gasteiger charge is -2.26. The fourth-order valence-electron chi connectivity index (χ4n) is 4.48. The van der Waals surface area contributed by atoms with Gasteiger partial charge in [0, 0.05) is 40.8 Å². The standard InChI is InChI=1S/C28H22N4O5/c1-17-7-11-20(12-8-17)31-27(34)24(26(33)29-28(31)35)15-23-18(2)30(25-6-4-3-5-22(23)25)16-19-9-13-21(14-10-19)32(36)37/h3-15H,16H2,1-2H3,(H,29,33,35)/b24-15+. The number of nitro benzene ring substituents is 1. The van der Waals surface area contributed by atoms with E-state index in [0.717, 1.165) is 32.6 Å².